The summed E-state index contributed by atoms with van der Waals surface area (Å²) in [7, 11) is 1.51. The van der Waals surface area contributed by atoms with E-state index in [-0.39, 0.29) is 23.6 Å². The van der Waals surface area contributed by atoms with Crippen molar-refractivity contribution >= 4 is 29.1 Å². The molecular formula is C19H18ClN5O2. The van der Waals surface area contributed by atoms with Crippen molar-refractivity contribution in [2.45, 2.75) is 25.3 Å². The second-order valence-electron chi connectivity index (χ2n) is 7.02. The standard InChI is InChI=1S/C19H18ClN5O2/c1-24-18(26)15-14-4-2-3-9-25(14)17(16(15)19(24)27)13(10-21)23-22-12-7-5-11(20)6-8-12/h5-8,14-16H,2-4,9H2,1H3/b17-13-,23-22?/t14-,15+,16+/m1/s1. The van der Waals surface area contributed by atoms with E-state index in [2.05, 4.69) is 16.3 Å². The number of hydrogen-bond acceptors (Lipinski definition) is 6. The summed E-state index contributed by atoms with van der Waals surface area (Å²) in [6.07, 6.45) is 2.81. The van der Waals surface area contributed by atoms with Gasteiger partial charge in [-0.1, -0.05) is 11.6 Å². The second kappa shape index (κ2) is 6.78. The molecule has 0 N–H and O–H groups in total. The fraction of sp³-hybridized carbons (Fsp3) is 0.421. The Morgan fingerprint density at radius 2 is 1.96 bits per heavy atom. The van der Waals surface area contributed by atoms with Crippen LogP contribution in [0.1, 0.15) is 19.3 Å². The molecule has 0 saturated carbocycles. The average molecular weight is 384 g/mol. The predicted octanol–water partition coefficient (Wildman–Crippen LogP) is 3.26. The van der Waals surface area contributed by atoms with E-state index in [0.717, 1.165) is 25.8 Å². The quantitative estimate of drug-likeness (QED) is 0.445. The van der Waals surface area contributed by atoms with Crippen LogP contribution in [0.2, 0.25) is 5.02 Å². The molecule has 1 aromatic carbocycles. The van der Waals surface area contributed by atoms with Crippen LogP contribution in [0.5, 0.6) is 0 Å². The molecule has 0 spiro atoms. The average Bonchev–Trinajstić information content (AvgIpc) is 3.13. The highest BCUT2D eigenvalue weighted by Gasteiger charge is 2.60. The van der Waals surface area contributed by atoms with E-state index < -0.39 is 11.8 Å². The van der Waals surface area contributed by atoms with Crippen molar-refractivity contribution in [3.8, 4) is 6.07 Å². The molecule has 0 aromatic heterocycles. The molecule has 3 atom stereocenters. The first-order chi connectivity index (χ1) is 13.0. The number of carbonyl (C=O) groups is 2. The van der Waals surface area contributed by atoms with E-state index in [0.29, 0.717) is 16.4 Å². The first-order valence-electron chi connectivity index (χ1n) is 8.92. The van der Waals surface area contributed by atoms with E-state index >= 15 is 0 Å². The van der Waals surface area contributed by atoms with E-state index in [9.17, 15) is 14.9 Å². The van der Waals surface area contributed by atoms with Gasteiger partial charge in [-0.15, -0.1) is 10.2 Å². The van der Waals surface area contributed by atoms with Crippen LogP contribution in [0.15, 0.2) is 45.9 Å². The number of benzene rings is 1. The third-order valence-corrected chi connectivity index (χ3v) is 5.83. The highest BCUT2D eigenvalue weighted by molar-refractivity contribution is 6.30. The number of rotatable bonds is 2. The van der Waals surface area contributed by atoms with Crippen molar-refractivity contribution in [3.05, 3.63) is 40.7 Å². The van der Waals surface area contributed by atoms with Crippen LogP contribution in [-0.2, 0) is 9.59 Å². The second-order valence-corrected chi connectivity index (χ2v) is 7.45. The lowest BCUT2D eigenvalue weighted by Crippen LogP contribution is -2.41. The minimum atomic E-state index is -0.635. The number of amides is 2. The highest BCUT2D eigenvalue weighted by atomic mass is 35.5. The lowest BCUT2D eigenvalue weighted by Gasteiger charge is -2.34. The molecule has 0 bridgehead atoms. The van der Waals surface area contributed by atoms with E-state index in [1.807, 2.05) is 4.90 Å². The number of piperidine rings is 1. The molecule has 1 aromatic rings. The lowest BCUT2D eigenvalue weighted by molar-refractivity contribution is -0.139. The maximum absolute atomic E-state index is 12.7. The number of hydrogen-bond donors (Lipinski definition) is 0. The molecule has 3 aliphatic heterocycles. The number of fused-ring (bicyclic) bond motifs is 3. The molecule has 3 saturated heterocycles. The molecule has 8 heteroatoms. The molecule has 3 heterocycles. The minimum Gasteiger partial charge on any atom is -0.368 e. The zero-order valence-corrected chi connectivity index (χ0v) is 15.6. The van der Waals surface area contributed by atoms with Crippen LogP contribution in [0.4, 0.5) is 5.69 Å². The Morgan fingerprint density at radius 3 is 2.67 bits per heavy atom. The first-order valence-corrected chi connectivity index (χ1v) is 9.30. The molecule has 0 aliphatic carbocycles. The maximum Gasteiger partial charge on any atom is 0.238 e. The van der Waals surface area contributed by atoms with E-state index in [1.165, 1.54) is 11.9 Å². The Kier molecular flexibility index (Phi) is 4.44. The van der Waals surface area contributed by atoms with Crippen molar-refractivity contribution in [2.75, 3.05) is 13.6 Å². The molecule has 138 valence electrons. The Labute approximate surface area is 161 Å². The monoisotopic (exact) mass is 383 g/mol. The normalized spacial score (nSPS) is 29.1. The minimum absolute atomic E-state index is 0.0470. The number of nitriles is 1. The Bertz CT molecular complexity index is 902. The summed E-state index contributed by atoms with van der Waals surface area (Å²) in [4.78, 5) is 28.6. The van der Waals surface area contributed by atoms with Crippen molar-refractivity contribution < 1.29 is 9.59 Å². The summed E-state index contributed by atoms with van der Waals surface area (Å²) >= 11 is 5.87. The molecule has 27 heavy (non-hydrogen) atoms. The van der Waals surface area contributed by atoms with Crippen molar-refractivity contribution in [3.63, 3.8) is 0 Å². The van der Waals surface area contributed by atoms with Gasteiger partial charge in [0, 0.05) is 24.7 Å². The number of nitrogens with zero attached hydrogens (tertiary/aromatic N) is 5. The number of likely N-dealkylation sites (tertiary alicyclic amines) is 1. The van der Waals surface area contributed by atoms with Crippen LogP contribution in [-0.4, -0.2) is 41.2 Å². The molecule has 0 unspecified atom stereocenters. The third kappa shape index (κ3) is 2.81. The Balaban J connectivity index is 1.77. The molecule has 3 aliphatic rings. The Hall–Kier alpha value is -2.72. The van der Waals surface area contributed by atoms with Gasteiger partial charge in [0.2, 0.25) is 11.8 Å². The van der Waals surface area contributed by atoms with Crippen LogP contribution in [0, 0.1) is 23.2 Å². The Morgan fingerprint density at radius 1 is 1.22 bits per heavy atom. The molecule has 4 rings (SSSR count). The third-order valence-electron chi connectivity index (χ3n) is 5.58. The zero-order valence-electron chi connectivity index (χ0n) is 14.8. The largest absolute Gasteiger partial charge is 0.368 e. The summed E-state index contributed by atoms with van der Waals surface area (Å²) < 4.78 is 0. The summed E-state index contributed by atoms with van der Waals surface area (Å²) in [6.45, 7) is 0.721. The van der Waals surface area contributed by atoms with Gasteiger partial charge in [-0.3, -0.25) is 14.5 Å². The van der Waals surface area contributed by atoms with Gasteiger partial charge < -0.3 is 4.90 Å². The fourth-order valence-electron chi connectivity index (χ4n) is 4.35. The van der Waals surface area contributed by atoms with Crippen molar-refractivity contribution in [2.24, 2.45) is 22.1 Å². The molecular weight excluding hydrogens is 366 g/mol. The summed E-state index contributed by atoms with van der Waals surface area (Å²) in [5.74, 6) is -1.48. The van der Waals surface area contributed by atoms with Gasteiger partial charge in [0.1, 0.15) is 6.07 Å². The van der Waals surface area contributed by atoms with Gasteiger partial charge in [-0.2, -0.15) is 5.26 Å². The molecule has 0 radical (unpaired) electrons. The first kappa shape index (κ1) is 17.7. The number of azo groups is 1. The lowest BCUT2D eigenvalue weighted by atomic mass is 9.88. The molecule has 2 amide bonds. The van der Waals surface area contributed by atoms with Crippen LogP contribution >= 0.6 is 11.6 Å². The van der Waals surface area contributed by atoms with Gasteiger partial charge in [0.15, 0.2) is 5.70 Å². The predicted molar refractivity (Wildman–Crippen MR) is 97.7 cm³/mol. The van der Waals surface area contributed by atoms with Gasteiger partial charge in [-0.25, -0.2) is 0 Å². The van der Waals surface area contributed by atoms with Gasteiger partial charge in [0.05, 0.1) is 23.2 Å². The van der Waals surface area contributed by atoms with Crippen LogP contribution in [0.3, 0.4) is 0 Å². The van der Waals surface area contributed by atoms with E-state index in [4.69, 9.17) is 11.6 Å². The highest BCUT2D eigenvalue weighted by Crippen LogP contribution is 2.48. The van der Waals surface area contributed by atoms with Gasteiger partial charge in [0.25, 0.3) is 0 Å². The van der Waals surface area contributed by atoms with Gasteiger partial charge >= 0.3 is 0 Å². The van der Waals surface area contributed by atoms with Crippen LogP contribution in [0.25, 0.3) is 0 Å². The van der Waals surface area contributed by atoms with Crippen LogP contribution < -0.4 is 0 Å². The van der Waals surface area contributed by atoms with Crippen molar-refractivity contribution in [1.29, 1.82) is 5.26 Å². The summed E-state index contributed by atoms with van der Waals surface area (Å²) in [5.41, 5.74) is 1.21. The SMILES string of the molecule is CN1C(=O)[C@@H]2[C@H](C1=O)/C(=C(\C#N)N=Nc1ccc(Cl)cc1)N1CCCC[C@H]21. The molecule has 7 nitrogen and oxygen atoms in total. The summed E-state index contributed by atoms with van der Waals surface area (Å²) in [6, 6.07) is 8.82. The number of allylic oxidation sites excluding steroid dienone is 1. The number of carbonyl (C=O) groups excluding carboxylic acids is 2. The number of imide groups is 1. The molecule has 3 fully saturated rings. The number of halogens is 1. The van der Waals surface area contributed by atoms with Gasteiger partial charge in [-0.05, 0) is 43.5 Å². The smallest absolute Gasteiger partial charge is 0.238 e. The maximum atomic E-state index is 12.7. The fourth-order valence-corrected chi connectivity index (χ4v) is 4.47. The topological polar surface area (TPSA) is 89.1 Å². The van der Waals surface area contributed by atoms with E-state index in [1.54, 1.807) is 24.3 Å². The summed E-state index contributed by atoms with van der Waals surface area (Å²) in [5, 5.41) is 18.6. The zero-order chi connectivity index (χ0) is 19.1. The van der Waals surface area contributed by atoms with Crippen molar-refractivity contribution in [1.82, 2.24) is 9.80 Å².